The van der Waals surface area contributed by atoms with E-state index >= 15 is 0 Å². The van der Waals surface area contributed by atoms with Crippen LogP contribution in [0.3, 0.4) is 0 Å². The molecule has 1 rings (SSSR count). The lowest BCUT2D eigenvalue weighted by Gasteiger charge is -2.15. The van der Waals surface area contributed by atoms with Crippen LogP contribution in [0.25, 0.3) is 0 Å². The molecule has 120 valence electrons. The Bertz CT molecular complexity index is 421. The smallest absolute Gasteiger partial charge is 0.175 e. The van der Waals surface area contributed by atoms with Gasteiger partial charge in [-0.25, -0.2) is 0 Å². The molecule has 0 aliphatic rings. The van der Waals surface area contributed by atoms with Crippen molar-refractivity contribution in [3.63, 3.8) is 0 Å². The number of ether oxygens (including phenoxy) is 2. The summed E-state index contributed by atoms with van der Waals surface area (Å²) in [4.78, 5) is 0. The van der Waals surface area contributed by atoms with Gasteiger partial charge < -0.3 is 15.2 Å². The van der Waals surface area contributed by atoms with Crippen molar-refractivity contribution in [3.8, 4) is 11.5 Å². The molecule has 0 fully saturated rings. The fraction of sp³-hybridized carbons (Fsp3) is 0.647. The topological polar surface area (TPSA) is 44.5 Å². The number of benzene rings is 1. The molecule has 3 nitrogen and oxygen atoms in total. The minimum absolute atomic E-state index is 0.131. The molecule has 0 aliphatic carbocycles. The molecular weight excluding hydrogens is 330 g/mol. The zero-order valence-corrected chi connectivity index (χ0v) is 15.0. The maximum Gasteiger partial charge on any atom is 0.175 e. The number of hydrogen-bond acceptors (Lipinski definition) is 3. The first-order valence-corrected chi connectivity index (χ1v) is 8.62. The number of methoxy groups -OCH3 is 1. The van der Waals surface area contributed by atoms with Crippen molar-refractivity contribution in [2.45, 2.75) is 58.4 Å². The molecule has 21 heavy (non-hydrogen) atoms. The summed E-state index contributed by atoms with van der Waals surface area (Å²) in [6.07, 6.45) is 6.98. The van der Waals surface area contributed by atoms with Gasteiger partial charge in [-0.15, -0.1) is 0 Å². The Morgan fingerprint density at radius 2 is 1.90 bits per heavy atom. The molecule has 0 saturated heterocycles. The van der Waals surface area contributed by atoms with Crippen LogP contribution in [0.4, 0.5) is 0 Å². The molecule has 4 heteroatoms. The second-order valence-corrected chi connectivity index (χ2v) is 6.41. The normalized spacial score (nSPS) is 12.2. The van der Waals surface area contributed by atoms with Gasteiger partial charge in [-0.3, -0.25) is 0 Å². The minimum atomic E-state index is 0.131. The van der Waals surface area contributed by atoms with Crippen molar-refractivity contribution >= 4 is 15.9 Å². The molecule has 0 heterocycles. The van der Waals surface area contributed by atoms with E-state index in [4.69, 9.17) is 15.2 Å². The highest BCUT2D eigenvalue weighted by atomic mass is 79.9. The average Bonchev–Trinajstić information content (AvgIpc) is 2.43. The third kappa shape index (κ3) is 6.70. The van der Waals surface area contributed by atoms with Crippen LogP contribution in [0, 0.1) is 0 Å². The number of hydrogen-bond donors (Lipinski definition) is 1. The SMILES string of the molecule is CCCCCCCOc1c(Br)cc(CC(C)N)cc1OC. The van der Waals surface area contributed by atoms with Crippen LogP contribution < -0.4 is 15.2 Å². The van der Waals surface area contributed by atoms with Gasteiger partial charge in [0, 0.05) is 6.04 Å². The predicted molar refractivity (Wildman–Crippen MR) is 92.3 cm³/mol. The maximum atomic E-state index is 5.90. The highest BCUT2D eigenvalue weighted by Gasteiger charge is 2.12. The van der Waals surface area contributed by atoms with E-state index in [1.54, 1.807) is 7.11 Å². The van der Waals surface area contributed by atoms with E-state index in [0.29, 0.717) is 0 Å². The minimum Gasteiger partial charge on any atom is -0.493 e. The van der Waals surface area contributed by atoms with Crippen LogP contribution in [0.15, 0.2) is 16.6 Å². The number of unbranched alkanes of at least 4 members (excludes halogenated alkanes) is 4. The fourth-order valence-corrected chi connectivity index (χ4v) is 2.89. The van der Waals surface area contributed by atoms with E-state index in [9.17, 15) is 0 Å². The van der Waals surface area contributed by atoms with Crippen LogP contribution >= 0.6 is 15.9 Å². The number of nitrogens with two attached hydrogens (primary N) is 1. The summed E-state index contributed by atoms with van der Waals surface area (Å²) in [5.41, 5.74) is 7.01. The Hall–Kier alpha value is -0.740. The van der Waals surface area contributed by atoms with Gasteiger partial charge in [0.25, 0.3) is 0 Å². The van der Waals surface area contributed by atoms with Crippen LogP contribution in [-0.2, 0) is 6.42 Å². The molecule has 0 radical (unpaired) electrons. The Balaban J connectivity index is 2.60. The molecule has 1 unspecified atom stereocenters. The second-order valence-electron chi connectivity index (χ2n) is 5.55. The monoisotopic (exact) mass is 357 g/mol. The van der Waals surface area contributed by atoms with Gasteiger partial charge in [0.15, 0.2) is 11.5 Å². The molecule has 1 aromatic carbocycles. The van der Waals surface area contributed by atoms with Gasteiger partial charge in [0.1, 0.15) is 0 Å². The van der Waals surface area contributed by atoms with Crippen LogP contribution in [0.2, 0.25) is 0 Å². The summed E-state index contributed by atoms with van der Waals surface area (Å²) in [6, 6.07) is 4.21. The molecule has 0 spiro atoms. The van der Waals surface area contributed by atoms with Crippen molar-refractivity contribution < 1.29 is 9.47 Å². The summed E-state index contributed by atoms with van der Waals surface area (Å²) >= 11 is 3.58. The van der Waals surface area contributed by atoms with E-state index in [-0.39, 0.29) is 6.04 Å². The molecule has 0 aromatic heterocycles. The van der Waals surface area contributed by atoms with Crippen molar-refractivity contribution in [1.82, 2.24) is 0 Å². The highest BCUT2D eigenvalue weighted by molar-refractivity contribution is 9.10. The fourth-order valence-electron chi connectivity index (χ4n) is 2.28. The van der Waals surface area contributed by atoms with Crippen LogP contribution in [0.5, 0.6) is 11.5 Å². The van der Waals surface area contributed by atoms with E-state index in [1.165, 1.54) is 25.7 Å². The lowest BCUT2D eigenvalue weighted by molar-refractivity contribution is 0.283. The molecule has 0 saturated carbocycles. The molecular formula is C17H28BrNO2. The van der Waals surface area contributed by atoms with Crippen molar-refractivity contribution in [2.24, 2.45) is 5.73 Å². The van der Waals surface area contributed by atoms with Gasteiger partial charge in [0.05, 0.1) is 18.2 Å². The van der Waals surface area contributed by atoms with Crippen molar-refractivity contribution in [3.05, 3.63) is 22.2 Å². The maximum absolute atomic E-state index is 5.90. The van der Waals surface area contributed by atoms with Gasteiger partial charge in [-0.05, 0) is 53.4 Å². The Morgan fingerprint density at radius 3 is 2.52 bits per heavy atom. The Morgan fingerprint density at radius 1 is 1.19 bits per heavy atom. The lowest BCUT2D eigenvalue weighted by Crippen LogP contribution is -2.17. The molecule has 0 bridgehead atoms. The van der Waals surface area contributed by atoms with E-state index in [1.807, 2.05) is 13.0 Å². The van der Waals surface area contributed by atoms with Crippen molar-refractivity contribution in [1.29, 1.82) is 0 Å². The molecule has 1 aromatic rings. The lowest BCUT2D eigenvalue weighted by atomic mass is 10.1. The number of rotatable bonds is 10. The number of halogens is 1. The van der Waals surface area contributed by atoms with Gasteiger partial charge >= 0.3 is 0 Å². The third-order valence-corrected chi connectivity index (χ3v) is 3.93. The first-order chi connectivity index (χ1) is 10.1. The largest absolute Gasteiger partial charge is 0.493 e. The molecule has 0 aliphatic heterocycles. The standard InChI is InChI=1S/C17H28BrNO2/c1-4-5-6-7-8-9-21-17-15(18)11-14(10-13(2)19)12-16(17)20-3/h11-13H,4-10,19H2,1-3H3. The third-order valence-electron chi connectivity index (χ3n) is 3.34. The Labute approximate surface area is 137 Å². The summed E-state index contributed by atoms with van der Waals surface area (Å²) in [7, 11) is 1.67. The van der Waals surface area contributed by atoms with Gasteiger partial charge in [-0.1, -0.05) is 32.6 Å². The summed E-state index contributed by atoms with van der Waals surface area (Å²) in [5, 5.41) is 0. The molecule has 0 amide bonds. The van der Waals surface area contributed by atoms with Gasteiger partial charge in [0.2, 0.25) is 0 Å². The highest BCUT2D eigenvalue weighted by Crippen LogP contribution is 2.37. The predicted octanol–water partition coefficient (Wildman–Crippen LogP) is 4.70. The summed E-state index contributed by atoms with van der Waals surface area (Å²) in [5.74, 6) is 1.56. The van der Waals surface area contributed by atoms with Crippen LogP contribution in [0.1, 0.15) is 51.5 Å². The first kappa shape index (κ1) is 18.3. The average molecular weight is 358 g/mol. The quantitative estimate of drug-likeness (QED) is 0.617. The zero-order chi connectivity index (χ0) is 15.7. The molecule has 1 atom stereocenters. The van der Waals surface area contributed by atoms with Crippen molar-refractivity contribution in [2.75, 3.05) is 13.7 Å². The van der Waals surface area contributed by atoms with E-state index in [2.05, 4.69) is 28.9 Å². The molecule has 2 N–H and O–H groups in total. The Kier molecular flexibility index (Phi) is 8.77. The zero-order valence-electron chi connectivity index (χ0n) is 13.5. The van der Waals surface area contributed by atoms with E-state index < -0.39 is 0 Å². The summed E-state index contributed by atoms with van der Waals surface area (Å²) < 4.78 is 12.3. The first-order valence-electron chi connectivity index (χ1n) is 7.83. The van der Waals surface area contributed by atoms with Gasteiger partial charge in [-0.2, -0.15) is 0 Å². The van der Waals surface area contributed by atoms with Crippen LogP contribution in [-0.4, -0.2) is 19.8 Å². The second kappa shape index (κ2) is 10.1. The summed E-state index contributed by atoms with van der Waals surface area (Å²) in [6.45, 7) is 4.95. The van der Waals surface area contributed by atoms with E-state index in [0.717, 1.165) is 41.0 Å².